The predicted octanol–water partition coefficient (Wildman–Crippen LogP) is 3.28. The normalized spacial score (nSPS) is 10.8. The maximum Gasteiger partial charge on any atom is 0.195 e. The molecule has 4 N–H and O–H groups in total. The molecular formula is C15H11ClN2O2. The van der Waals surface area contributed by atoms with Gasteiger partial charge in [-0.15, -0.1) is 0 Å². The van der Waals surface area contributed by atoms with E-state index in [9.17, 15) is 4.79 Å². The molecule has 3 rings (SSSR count). The van der Waals surface area contributed by atoms with E-state index in [1.807, 2.05) is 0 Å². The third-order valence-corrected chi connectivity index (χ3v) is 3.41. The molecule has 0 bridgehead atoms. The molecule has 20 heavy (non-hydrogen) atoms. The highest BCUT2D eigenvalue weighted by molar-refractivity contribution is 6.34. The molecule has 0 atom stereocenters. The second-order valence-corrected chi connectivity index (χ2v) is 4.84. The van der Waals surface area contributed by atoms with Crippen LogP contribution in [-0.4, -0.2) is 0 Å². The molecule has 2 aromatic carbocycles. The number of hydrogen-bond acceptors (Lipinski definition) is 4. The van der Waals surface area contributed by atoms with Crippen molar-refractivity contribution >= 4 is 33.9 Å². The summed E-state index contributed by atoms with van der Waals surface area (Å²) in [6.07, 6.45) is 0. The summed E-state index contributed by atoms with van der Waals surface area (Å²) in [4.78, 5) is 12.2. The lowest BCUT2D eigenvalue weighted by molar-refractivity contribution is 0.619. The molecule has 5 heteroatoms. The van der Waals surface area contributed by atoms with Crippen molar-refractivity contribution in [3.8, 4) is 11.3 Å². The molecule has 1 heterocycles. The molecule has 0 saturated carbocycles. The Kier molecular flexibility index (Phi) is 2.88. The van der Waals surface area contributed by atoms with E-state index in [0.29, 0.717) is 27.4 Å². The van der Waals surface area contributed by atoms with Gasteiger partial charge in [0.15, 0.2) is 5.43 Å². The Hall–Kier alpha value is -2.46. The summed E-state index contributed by atoms with van der Waals surface area (Å²) in [5.41, 5.74) is 13.3. The van der Waals surface area contributed by atoms with Crippen LogP contribution in [0.2, 0.25) is 5.02 Å². The highest BCUT2D eigenvalue weighted by Crippen LogP contribution is 2.29. The quantitative estimate of drug-likeness (QED) is 0.673. The van der Waals surface area contributed by atoms with E-state index in [4.69, 9.17) is 27.5 Å². The van der Waals surface area contributed by atoms with Gasteiger partial charge in [-0.25, -0.2) is 0 Å². The summed E-state index contributed by atoms with van der Waals surface area (Å²) in [5, 5.41) is 0.640. The summed E-state index contributed by atoms with van der Waals surface area (Å²) >= 11 is 5.91. The number of anilines is 2. The maximum atomic E-state index is 12.2. The molecule has 0 unspecified atom stereocenters. The van der Waals surface area contributed by atoms with Crippen LogP contribution in [0.15, 0.2) is 51.7 Å². The first kappa shape index (κ1) is 12.6. The molecule has 0 aliphatic rings. The van der Waals surface area contributed by atoms with Crippen molar-refractivity contribution < 1.29 is 4.42 Å². The van der Waals surface area contributed by atoms with Crippen LogP contribution in [0.4, 0.5) is 11.4 Å². The number of halogens is 1. The van der Waals surface area contributed by atoms with Gasteiger partial charge in [-0.3, -0.25) is 4.79 Å². The standard InChI is InChI=1S/C15H11ClN2O2/c16-10-5-6-12-14(15(10)18)11(19)7-13(20-12)8-1-3-9(17)4-2-8/h1-7H,17-18H2. The zero-order valence-electron chi connectivity index (χ0n) is 10.4. The van der Waals surface area contributed by atoms with E-state index in [-0.39, 0.29) is 11.1 Å². The summed E-state index contributed by atoms with van der Waals surface area (Å²) in [6, 6.07) is 11.7. The molecule has 4 nitrogen and oxygen atoms in total. The summed E-state index contributed by atoms with van der Waals surface area (Å²) in [6.45, 7) is 0. The number of fused-ring (bicyclic) bond motifs is 1. The van der Waals surface area contributed by atoms with Crippen LogP contribution in [0.3, 0.4) is 0 Å². The van der Waals surface area contributed by atoms with Crippen LogP contribution in [0.5, 0.6) is 0 Å². The van der Waals surface area contributed by atoms with Crippen molar-refractivity contribution in [1.29, 1.82) is 0 Å². The van der Waals surface area contributed by atoms with E-state index in [0.717, 1.165) is 5.56 Å². The van der Waals surface area contributed by atoms with Gasteiger partial charge in [-0.1, -0.05) is 11.6 Å². The lowest BCUT2D eigenvalue weighted by Gasteiger charge is -2.06. The molecule has 0 radical (unpaired) electrons. The van der Waals surface area contributed by atoms with Crippen molar-refractivity contribution in [2.24, 2.45) is 0 Å². The van der Waals surface area contributed by atoms with Crippen LogP contribution in [0.1, 0.15) is 0 Å². The molecule has 0 spiro atoms. The van der Waals surface area contributed by atoms with Crippen LogP contribution in [0.25, 0.3) is 22.3 Å². The lowest BCUT2D eigenvalue weighted by Crippen LogP contribution is -2.04. The van der Waals surface area contributed by atoms with Gasteiger partial charge in [0, 0.05) is 17.3 Å². The van der Waals surface area contributed by atoms with Crippen LogP contribution < -0.4 is 16.9 Å². The largest absolute Gasteiger partial charge is 0.456 e. The monoisotopic (exact) mass is 286 g/mol. The highest BCUT2D eigenvalue weighted by atomic mass is 35.5. The molecular weight excluding hydrogens is 276 g/mol. The van der Waals surface area contributed by atoms with Crippen molar-refractivity contribution in [3.63, 3.8) is 0 Å². The molecule has 0 saturated heterocycles. The maximum absolute atomic E-state index is 12.2. The minimum atomic E-state index is -0.224. The van der Waals surface area contributed by atoms with Gasteiger partial charge in [0.1, 0.15) is 11.3 Å². The Bertz CT molecular complexity index is 854. The minimum Gasteiger partial charge on any atom is -0.456 e. The molecule has 0 aliphatic heterocycles. The number of rotatable bonds is 1. The van der Waals surface area contributed by atoms with Gasteiger partial charge in [0.05, 0.1) is 16.1 Å². The smallest absolute Gasteiger partial charge is 0.195 e. The van der Waals surface area contributed by atoms with Gasteiger partial charge in [-0.2, -0.15) is 0 Å². The SMILES string of the molecule is Nc1ccc(-c2cc(=O)c3c(N)c(Cl)ccc3o2)cc1. The summed E-state index contributed by atoms with van der Waals surface area (Å²) in [7, 11) is 0. The van der Waals surface area contributed by atoms with Gasteiger partial charge in [-0.05, 0) is 36.4 Å². The van der Waals surface area contributed by atoms with Crippen molar-refractivity contribution in [2.75, 3.05) is 11.5 Å². The Morgan fingerprint density at radius 3 is 2.40 bits per heavy atom. The van der Waals surface area contributed by atoms with Crippen molar-refractivity contribution in [3.05, 3.63) is 57.7 Å². The number of benzene rings is 2. The van der Waals surface area contributed by atoms with Crippen LogP contribution in [0, 0.1) is 0 Å². The average molecular weight is 287 g/mol. The lowest BCUT2D eigenvalue weighted by atomic mass is 10.1. The second-order valence-electron chi connectivity index (χ2n) is 4.43. The average Bonchev–Trinajstić information content (AvgIpc) is 2.43. The third-order valence-electron chi connectivity index (χ3n) is 3.08. The van der Waals surface area contributed by atoms with Gasteiger partial charge in [0.2, 0.25) is 0 Å². The summed E-state index contributed by atoms with van der Waals surface area (Å²) in [5.74, 6) is 0.462. The van der Waals surface area contributed by atoms with E-state index in [2.05, 4.69) is 0 Å². The Balaban J connectivity index is 2.28. The van der Waals surface area contributed by atoms with Crippen LogP contribution >= 0.6 is 11.6 Å². The Morgan fingerprint density at radius 1 is 1.00 bits per heavy atom. The van der Waals surface area contributed by atoms with E-state index >= 15 is 0 Å². The van der Waals surface area contributed by atoms with Crippen LogP contribution in [-0.2, 0) is 0 Å². The van der Waals surface area contributed by atoms with Gasteiger partial charge in [0.25, 0.3) is 0 Å². The number of nitrogens with two attached hydrogens (primary N) is 2. The minimum absolute atomic E-state index is 0.224. The molecule has 3 aromatic rings. The van der Waals surface area contributed by atoms with E-state index in [1.54, 1.807) is 36.4 Å². The molecule has 0 aliphatic carbocycles. The van der Waals surface area contributed by atoms with Crippen molar-refractivity contribution in [1.82, 2.24) is 0 Å². The third kappa shape index (κ3) is 2.00. The second kappa shape index (κ2) is 4.58. The fourth-order valence-corrected chi connectivity index (χ4v) is 2.20. The first-order valence-electron chi connectivity index (χ1n) is 5.94. The molecule has 0 fully saturated rings. The molecule has 100 valence electrons. The highest BCUT2D eigenvalue weighted by Gasteiger charge is 2.11. The van der Waals surface area contributed by atoms with Gasteiger partial charge >= 0.3 is 0 Å². The Labute approximate surface area is 119 Å². The van der Waals surface area contributed by atoms with Crippen molar-refractivity contribution in [2.45, 2.75) is 0 Å². The fourth-order valence-electron chi connectivity index (χ4n) is 2.04. The summed E-state index contributed by atoms with van der Waals surface area (Å²) < 4.78 is 5.72. The molecule has 0 amide bonds. The first-order valence-corrected chi connectivity index (χ1v) is 6.32. The topological polar surface area (TPSA) is 82.2 Å². The van der Waals surface area contributed by atoms with Gasteiger partial charge < -0.3 is 15.9 Å². The first-order chi connectivity index (χ1) is 9.56. The zero-order valence-corrected chi connectivity index (χ0v) is 11.1. The predicted molar refractivity (Wildman–Crippen MR) is 81.8 cm³/mol. The fraction of sp³-hybridized carbons (Fsp3) is 0. The zero-order chi connectivity index (χ0) is 14.3. The van der Waals surface area contributed by atoms with E-state index in [1.165, 1.54) is 6.07 Å². The number of nitrogen functional groups attached to an aromatic ring is 2. The number of hydrogen-bond donors (Lipinski definition) is 2. The van der Waals surface area contributed by atoms with E-state index < -0.39 is 0 Å². The molecule has 1 aromatic heterocycles. The Morgan fingerprint density at radius 2 is 1.70 bits per heavy atom.